The lowest BCUT2D eigenvalue weighted by Gasteiger charge is -2.26. The number of halogens is 1. The molecule has 0 radical (unpaired) electrons. The van der Waals surface area contributed by atoms with Crippen molar-refractivity contribution in [1.29, 1.82) is 0 Å². The van der Waals surface area contributed by atoms with E-state index in [0.29, 0.717) is 37.7 Å². The first-order valence-electron chi connectivity index (χ1n) is 10.5. The number of benzene rings is 2. The van der Waals surface area contributed by atoms with Gasteiger partial charge in [0, 0.05) is 15.2 Å². The van der Waals surface area contributed by atoms with Crippen LogP contribution < -0.4 is 24.4 Å². The van der Waals surface area contributed by atoms with Crippen LogP contribution in [-0.4, -0.2) is 31.4 Å². The fraction of sp³-hybridized carbons (Fsp3) is 0.240. The monoisotopic (exact) mass is 590 g/mol. The van der Waals surface area contributed by atoms with Crippen molar-refractivity contribution in [3.8, 4) is 11.5 Å². The Kier molecular flexibility index (Phi) is 7.22. The molecule has 7 nitrogen and oxygen atoms in total. The van der Waals surface area contributed by atoms with Crippen molar-refractivity contribution in [2.45, 2.75) is 19.9 Å². The summed E-state index contributed by atoms with van der Waals surface area (Å²) in [6.07, 6.45) is 1.84. The van der Waals surface area contributed by atoms with Crippen LogP contribution in [-0.2, 0) is 9.53 Å². The normalized spacial score (nSPS) is 15.6. The van der Waals surface area contributed by atoms with Crippen LogP contribution >= 0.6 is 33.9 Å². The highest BCUT2D eigenvalue weighted by atomic mass is 127. The summed E-state index contributed by atoms with van der Waals surface area (Å²) in [5.74, 6) is 0.580. The van der Waals surface area contributed by atoms with E-state index in [1.807, 2.05) is 30.3 Å². The first kappa shape index (κ1) is 24.2. The minimum Gasteiger partial charge on any atom is -0.497 e. The Hall–Kier alpha value is -2.92. The van der Waals surface area contributed by atoms with Gasteiger partial charge in [0.15, 0.2) is 4.80 Å². The second kappa shape index (κ2) is 10.1. The largest absolute Gasteiger partial charge is 0.497 e. The predicted octanol–water partition coefficient (Wildman–Crippen LogP) is 3.42. The fourth-order valence-corrected chi connectivity index (χ4v) is 5.25. The average Bonchev–Trinajstić information content (AvgIpc) is 3.13. The fourth-order valence-electron chi connectivity index (χ4n) is 3.84. The molecular weight excluding hydrogens is 567 g/mol. The molecule has 0 amide bonds. The summed E-state index contributed by atoms with van der Waals surface area (Å²) in [7, 11) is 3.11. The Labute approximate surface area is 214 Å². The van der Waals surface area contributed by atoms with Gasteiger partial charge in [-0.1, -0.05) is 23.5 Å². The molecular formula is C25H23IN2O5S. The highest BCUT2D eigenvalue weighted by Crippen LogP contribution is 2.37. The number of aromatic nitrogens is 1. The highest BCUT2D eigenvalue weighted by Gasteiger charge is 2.35. The molecule has 0 bridgehead atoms. The molecule has 4 rings (SSSR count). The first-order chi connectivity index (χ1) is 16.4. The Bertz CT molecular complexity index is 1450. The maximum atomic E-state index is 13.7. The van der Waals surface area contributed by atoms with E-state index in [4.69, 9.17) is 14.2 Å². The minimum absolute atomic E-state index is 0.208. The molecule has 0 saturated carbocycles. The molecule has 1 aliphatic rings. The Morgan fingerprint density at radius 3 is 2.56 bits per heavy atom. The standard InChI is InChI=1S/C25H23IN2O5S/c1-5-33-24(30)21-14(2)27-25-28(22(21)18-11-10-17(31-3)13-19(18)32-4)23(29)20(34-25)12-15-6-8-16(26)9-7-15/h6-13,22H,5H2,1-4H3/b20-12+/t22-/m0/s1. The van der Waals surface area contributed by atoms with E-state index in [-0.39, 0.29) is 12.2 Å². The molecule has 9 heteroatoms. The predicted molar refractivity (Wildman–Crippen MR) is 139 cm³/mol. The summed E-state index contributed by atoms with van der Waals surface area (Å²) in [4.78, 5) is 31.8. The number of fused-ring (bicyclic) bond motifs is 1. The third-order valence-electron chi connectivity index (χ3n) is 5.42. The van der Waals surface area contributed by atoms with E-state index >= 15 is 0 Å². The summed E-state index contributed by atoms with van der Waals surface area (Å²) in [5.41, 5.74) is 2.12. The molecule has 3 aromatic rings. The number of hydrogen-bond donors (Lipinski definition) is 0. The van der Waals surface area contributed by atoms with Crippen LogP contribution in [0.2, 0.25) is 0 Å². The van der Waals surface area contributed by atoms with E-state index < -0.39 is 12.0 Å². The SMILES string of the molecule is CCOC(=O)C1=C(C)N=c2s/c(=C/c3ccc(I)cc3)c(=O)n2[C@H]1c1ccc(OC)cc1OC. The number of rotatable bonds is 6. The van der Waals surface area contributed by atoms with Crippen molar-refractivity contribution in [3.63, 3.8) is 0 Å². The van der Waals surface area contributed by atoms with Gasteiger partial charge < -0.3 is 14.2 Å². The van der Waals surface area contributed by atoms with Crippen molar-refractivity contribution >= 4 is 46.0 Å². The molecule has 2 heterocycles. The molecule has 1 atom stereocenters. The maximum absolute atomic E-state index is 13.7. The molecule has 0 spiro atoms. The lowest BCUT2D eigenvalue weighted by atomic mass is 9.95. The highest BCUT2D eigenvalue weighted by molar-refractivity contribution is 14.1. The van der Waals surface area contributed by atoms with Gasteiger partial charge in [-0.2, -0.15) is 0 Å². The minimum atomic E-state index is -0.755. The number of nitrogens with zero attached hydrogens (tertiary/aromatic N) is 2. The zero-order chi connectivity index (χ0) is 24.4. The quantitative estimate of drug-likeness (QED) is 0.325. The Balaban J connectivity index is 1.99. The summed E-state index contributed by atoms with van der Waals surface area (Å²) in [5, 5.41) is 0. The van der Waals surface area contributed by atoms with E-state index in [9.17, 15) is 9.59 Å². The van der Waals surface area contributed by atoms with Gasteiger partial charge >= 0.3 is 5.97 Å². The van der Waals surface area contributed by atoms with E-state index in [1.165, 1.54) is 11.3 Å². The number of ether oxygens (including phenoxy) is 3. The van der Waals surface area contributed by atoms with Crippen LogP contribution in [0.15, 0.2) is 63.5 Å². The van der Waals surface area contributed by atoms with Crippen molar-refractivity contribution in [3.05, 3.63) is 88.1 Å². The van der Waals surface area contributed by atoms with E-state index in [2.05, 4.69) is 27.6 Å². The first-order valence-corrected chi connectivity index (χ1v) is 12.4. The van der Waals surface area contributed by atoms with Gasteiger partial charge in [-0.05, 0) is 72.3 Å². The van der Waals surface area contributed by atoms with E-state index in [1.54, 1.807) is 50.8 Å². The van der Waals surface area contributed by atoms with Crippen molar-refractivity contribution in [1.82, 2.24) is 4.57 Å². The summed E-state index contributed by atoms with van der Waals surface area (Å²) in [6.45, 7) is 3.71. The van der Waals surface area contributed by atoms with Crippen LogP contribution in [0.3, 0.4) is 0 Å². The van der Waals surface area contributed by atoms with Gasteiger partial charge in [0.2, 0.25) is 0 Å². The zero-order valence-corrected chi connectivity index (χ0v) is 22.1. The lowest BCUT2D eigenvalue weighted by molar-refractivity contribution is -0.139. The average molecular weight is 590 g/mol. The number of carbonyl (C=O) groups excluding carboxylic acids is 1. The molecule has 176 valence electrons. The molecule has 0 aliphatic carbocycles. The molecule has 0 N–H and O–H groups in total. The molecule has 1 aliphatic heterocycles. The second-order valence-corrected chi connectivity index (χ2v) is 9.72. The van der Waals surface area contributed by atoms with Crippen molar-refractivity contribution in [2.75, 3.05) is 20.8 Å². The summed E-state index contributed by atoms with van der Waals surface area (Å²) < 4.78 is 19.5. The van der Waals surface area contributed by atoms with Gasteiger partial charge in [-0.3, -0.25) is 9.36 Å². The van der Waals surface area contributed by atoms with Gasteiger partial charge in [0.05, 0.1) is 36.6 Å². The molecule has 34 heavy (non-hydrogen) atoms. The second-order valence-electron chi connectivity index (χ2n) is 7.46. The third-order valence-corrected chi connectivity index (χ3v) is 7.12. The number of thiazole rings is 1. The van der Waals surface area contributed by atoms with Crippen LogP contribution in [0.25, 0.3) is 6.08 Å². The van der Waals surface area contributed by atoms with E-state index in [0.717, 1.165) is 9.13 Å². The van der Waals surface area contributed by atoms with Gasteiger partial charge in [-0.15, -0.1) is 0 Å². The molecule has 0 fully saturated rings. The molecule has 0 unspecified atom stereocenters. The topological polar surface area (TPSA) is 79.1 Å². The number of allylic oxidation sites excluding steroid dienone is 1. The van der Waals surface area contributed by atoms with Gasteiger partial charge in [0.1, 0.15) is 17.5 Å². The molecule has 1 aromatic heterocycles. The van der Waals surface area contributed by atoms with Gasteiger partial charge in [0.25, 0.3) is 5.56 Å². The lowest BCUT2D eigenvalue weighted by Crippen LogP contribution is -2.40. The molecule has 0 saturated heterocycles. The van der Waals surface area contributed by atoms with Crippen LogP contribution in [0.1, 0.15) is 31.0 Å². The summed E-state index contributed by atoms with van der Waals surface area (Å²) >= 11 is 3.53. The van der Waals surface area contributed by atoms with Gasteiger partial charge in [-0.25, -0.2) is 9.79 Å². The number of hydrogen-bond acceptors (Lipinski definition) is 7. The molecule has 2 aromatic carbocycles. The van der Waals surface area contributed by atoms with Crippen LogP contribution in [0.5, 0.6) is 11.5 Å². The van der Waals surface area contributed by atoms with Crippen molar-refractivity contribution in [2.24, 2.45) is 4.99 Å². The summed E-state index contributed by atoms with van der Waals surface area (Å²) in [6, 6.07) is 12.4. The van der Waals surface area contributed by atoms with Crippen LogP contribution in [0.4, 0.5) is 0 Å². The third kappa shape index (κ3) is 4.54. The zero-order valence-electron chi connectivity index (χ0n) is 19.1. The number of carbonyl (C=O) groups is 1. The number of methoxy groups -OCH3 is 2. The van der Waals surface area contributed by atoms with Crippen molar-refractivity contribution < 1.29 is 19.0 Å². The Morgan fingerprint density at radius 1 is 1.18 bits per heavy atom. The Morgan fingerprint density at radius 2 is 1.91 bits per heavy atom. The van der Waals surface area contributed by atoms with Crippen LogP contribution in [0, 0.1) is 3.57 Å². The maximum Gasteiger partial charge on any atom is 0.338 e. The number of esters is 1. The smallest absolute Gasteiger partial charge is 0.338 e.